The first-order chi connectivity index (χ1) is 7.00. The molecule has 0 fully saturated rings. The van der Waals surface area contributed by atoms with Gasteiger partial charge in [0.25, 0.3) is 5.92 Å². The summed E-state index contributed by atoms with van der Waals surface area (Å²) in [6.45, 7) is -1.08. The van der Waals surface area contributed by atoms with Crippen LogP contribution in [0.15, 0.2) is 0 Å². The summed E-state index contributed by atoms with van der Waals surface area (Å²) < 4.78 is 132. The number of hydrogen-bond acceptors (Lipinski definition) is 0. The van der Waals surface area contributed by atoms with Crippen molar-refractivity contribution >= 4 is 0 Å². The molecule has 0 rings (SSSR count). The van der Waals surface area contributed by atoms with E-state index in [-0.39, 0.29) is 0 Å². The maximum atomic E-state index is 12.4. The van der Waals surface area contributed by atoms with Gasteiger partial charge >= 0.3 is 23.9 Å². The Hall–Kier alpha value is -0.770. The SMILES string of the molecule is CC(F)(F)C(C(F)(F)F)(C(F)(F)F)C(F)(F)F. The lowest BCUT2D eigenvalue weighted by Gasteiger charge is -2.41. The summed E-state index contributed by atoms with van der Waals surface area (Å²) in [6.07, 6.45) is -21.7. The van der Waals surface area contributed by atoms with Crippen LogP contribution < -0.4 is 0 Å². The van der Waals surface area contributed by atoms with Crippen molar-refractivity contribution in [1.82, 2.24) is 0 Å². The molecule has 0 saturated heterocycles. The molecule has 0 aliphatic heterocycles. The second kappa shape index (κ2) is 3.61. The molecule has 0 atom stereocenters. The monoisotopic (exact) mass is 284 g/mol. The highest BCUT2D eigenvalue weighted by molar-refractivity contribution is 5.06. The second-order valence-corrected chi connectivity index (χ2v) is 3.13. The van der Waals surface area contributed by atoms with Gasteiger partial charge in [-0.15, -0.1) is 0 Å². The molecule has 0 bridgehead atoms. The largest absolute Gasteiger partial charge is 0.418 e. The lowest BCUT2D eigenvalue weighted by Crippen LogP contribution is -2.67. The molecular formula is C6H3F11. The molecule has 0 aromatic rings. The van der Waals surface area contributed by atoms with Crippen molar-refractivity contribution in [1.29, 1.82) is 0 Å². The van der Waals surface area contributed by atoms with Gasteiger partial charge in [-0.3, -0.25) is 0 Å². The van der Waals surface area contributed by atoms with Crippen LogP contribution in [0.4, 0.5) is 48.3 Å². The van der Waals surface area contributed by atoms with Gasteiger partial charge in [0.2, 0.25) is 0 Å². The fraction of sp³-hybridized carbons (Fsp3) is 1.00. The van der Waals surface area contributed by atoms with E-state index in [2.05, 4.69) is 0 Å². The Morgan fingerprint density at radius 2 is 0.647 bits per heavy atom. The molecule has 0 aliphatic carbocycles. The van der Waals surface area contributed by atoms with Crippen molar-refractivity contribution in [2.45, 2.75) is 31.4 Å². The van der Waals surface area contributed by atoms with E-state index in [9.17, 15) is 48.3 Å². The van der Waals surface area contributed by atoms with Gasteiger partial charge in [-0.05, 0) is 0 Å². The van der Waals surface area contributed by atoms with Gasteiger partial charge in [0, 0.05) is 6.92 Å². The number of hydrogen-bond donors (Lipinski definition) is 0. The van der Waals surface area contributed by atoms with E-state index < -0.39 is 36.8 Å². The van der Waals surface area contributed by atoms with Gasteiger partial charge < -0.3 is 0 Å². The zero-order chi connectivity index (χ0) is 14.5. The smallest absolute Gasteiger partial charge is 0.205 e. The Morgan fingerprint density at radius 3 is 0.647 bits per heavy atom. The lowest BCUT2D eigenvalue weighted by atomic mass is 9.79. The summed E-state index contributed by atoms with van der Waals surface area (Å²) in [5.41, 5.74) is -7.08. The van der Waals surface area contributed by atoms with Gasteiger partial charge in [0.1, 0.15) is 0 Å². The summed E-state index contributed by atoms with van der Waals surface area (Å²) in [5, 5.41) is 0. The molecular weight excluding hydrogens is 281 g/mol. The average Bonchev–Trinajstić information content (AvgIpc) is 1.67. The summed E-state index contributed by atoms with van der Waals surface area (Å²) in [7, 11) is 0. The highest BCUT2D eigenvalue weighted by Crippen LogP contribution is 2.65. The number of halogens is 11. The van der Waals surface area contributed by atoms with Gasteiger partial charge in [-0.2, -0.15) is 39.5 Å². The van der Waals surface area contributed by atoms with Crippen LogP contribution in [-0.4, -0.2) is 24.5 Å². The first kappa shape index (κ1) is 16.2. The fourth-order valence-corrected chi connectivity index (χ4v) is 1.23. The van der Waals surface area contributed by atoms with Crippen molar-refractivity contribution in [3.8, 4) is 0 Å². The van der Waals surface area contributed by atoms with E-state index in [1.54, 1.807) is 0 Å². The van der Waals surface area contributed by atoms with E-state index >= 15 is 0 Å². The molecule has 0 N–H and O–H groups in total. The molecule has 0 unspecified atom stereocenters. The topological polar surface area (TPSA) is 0 Å². The van der Waals surface area contributed by atoms with Crippen molar-refractivity contribution < 1.29 is 48.3 Å². The van der Waals surface area contributed by atoms with Crippen LogP contribution in [0.25, 0.3) is 0 Å². The molecule has 0 amide bonds. The Morgan fingerprint density at radius 1 is 0.471 bits per heavy atom. The minimum atomic E-state index is -7.23. The highest BCUT2D eigenvalue weighted by atomic mass is 19.4. The third-order valence-corrected chi connectivity index (χ3v) is 1.93. The Labute approximate surface area is 86.4 Å². The molecule has 0 aromatic carbocycles. The van der Waals surface area contributed by atoms with E-state index in [4.69, 9.17) is 0 Å². The summed E-state index contributed by atoms with van der Waals surface area (Å²) >= 11 is 0. The quantitative estimate of drug-likeness (QED) is 0.629. The van der Waals surface area contributed by atoms with E-state index in [0.717, 1.165) is 0 Å². The molecule has 0 heterocycles. The molecule has 0 radical (unpaired) electrons. The predicted molar refractivity (Wildman–Crippen MR) is 31.2 cm³/mol. The molecule has 11 heteroatoms. The van der Waals surface area contributed by atoms with Crippen LogP contribution >= 0.6 is 0 Å². The van der Waals surface area contributed by atoms with E-state index in [1.165, 1.54) is 0 Å². The first-order valence-corrected chi connectivity index (χ1v) is 3.58. The third kappa shape index (κ3) is 2.15. The number of rotatable bonds is 1. The van der Waals surface area contributed by atoms with Gasteiger partial charge in [-0.25, -0.2) is 8.78 Å². The summed E-state index contributed by atoms with van der Waals surface area (Å²) in [6, 6.07) is 0. The maximum Gasteiger partial charge on any atom is 0.418 e. The van der Waals surface area contributed by atoms with E-state index in [0.29, 0.717) is 0 Å². The minimum Gasteiger partial charge on any atom is -0.205 e. The fourth-order valence-electron chi connectivity index (χ4n) is 1.23. The molecule has 0 aliphatic rings. The highest BCUT2D eigenvalue weighted by Gasteiger charge is 2.91. The molecule has 0 nitrogen and oxygen atoms in total. The second-order valence-electron chi connectivity index (χ2n) is 3.13. The van der Waals surface area contributed by atoms with Crippen molar-refractivity contribution in [3.63, 3.8) is 0 Å². The first-order valence-electron chi connectivity index (χ1n) is 3.58. The normalized spacial score (nSPS) is 16.2. The van der Waals surface area contributed by atoms with Gasteiger partial charge in [0.05, 0.1) is 0 Å². The molecule has 0 saturated carbocycles. The van der Waals surface area contributed by atoms with Crippen LogP contribution in [0.3, 0.4) is 0 Å². The van der Waals surface area contributed by atoms with Crippen LogP contribution in [0.1, 0.15) is 6.92 Å². The predicted octanol–water partition coefficient (Wildman–Crippen LogP) is 4.31. The summed E-state index contributed by atoms with van der Waals surface area (Å²) in [4.78, 5) is 0. The maximum absolute atomic E-state index is 12.4. The van der Waals surface area contributed by atoms with Crippen LogP contribution in [0.2, 0.25) is 0 Å². The zero-order valence-electron chi connectivity index (χ0n) is 7.66. The standard InChI is InChI=1S/C6H3F11/c1-2(7,8)3(4(9,10)11,5(12,13)14)6(15,16)17/h1H3. The molecule has 0 spiro atoms. The zero-order valence-corrected chi connectivity index (χ0v) is 7.66. The molecule has 104 valence electrons. The molecule has 17 heavy (non-hydrogen) atoms. The summed E-state index contributed by atoms with van der Waals surface area (Å²) in [5.74, 6) is -6.11. The number of alkyl halides is 11. The Balaban J connectivity index is 6.37. The van der Waals surface area contributed by atoms with Gasteiger partial charge in [-0.1, -0.05) is 0 Å². The molecule has 0 aromatic heterocycles. The van der Waals surface area contributed by atoms with Crippen molar-refractivity contribution in [3.05, 3.63) is 0 Å². The van der Waals surface area contributed by atoms with E-state index in [1.807, 2.05) is 0 Å². The van der Waals surface area contributed by atoms with Crippen LogP contribution in [-0.2, 0) is 0 Å². The van der Waals surface area contributed by atoms with Gasteiger partial charge in [0.15, 0.2) is 0 Å². The minimum absolute atomic E-state index is 1.08. The van der Waals surface area contributed by atoms with Crippen molar-refractivity contribution in [2.24, 2.45) is 5.41 Å². The third-order valence-electron chi connectivity index (χ3n) is 1.93. The van der Waals surface area contributed by atoms with Crippen LogP contribution in [0.5, 0.6) is 0 Å². The van der Waals surface area contributed by atoms with Crippen molar-refractivity contribution in [2.75, 3.05) is 0 Å². The average molecular weight is 284 g/mol. The lowest BCUT2D eigenvalue weighted by molar-refractivity contribution is -0.472. The Bertz CT molecular complexity index is 209. The Kier molecular flexibility index (Phi) is 3.45. The van der Waals surface area contributed by atoms with Crippen LogP contribution in [0, 0.1) is 5.41 Å².